The molecule has 13 nitrogen and oxygen atoms in total. The predicted molar refractivity (Wildman–Crippen MR) is 132 cm³/mol. The number of rotatable bonds is 10. The molecule has 3 rings (SSSR count). The molecule has 2 aromatic heterocycles. The number of nitrogens with zero attached hydrogens (tertiary/aromatic N) is 5. The number of carbonyl (C=O) groups is 3. The number of anilines is 3. The minimum Gasteiger partial charge on any atom is -0.481 e. The molecular formula is C23H28N8O5. The smallest absolute Gasteiger partial charge is 0.328 e. The number of amides is 1. The predicted octanol–water partition coefficient (Wildman–Crippen LogP) is 1.14. The van der Waals surface area contributed by atoms with Gasteiger partial charge < -0.3 is 31.5 Å². The molecule has 190 valence electrons. The third kappa shape index (κ3) is 6.74. The second-order valence-corrected chi connectivity index (χ2v) is 8.35. The second kappa shape index (κ2) is 11.3. The maximum Gasteiger partial charge on any atom is 0.328 e. The van der Waals surface area contributed by atoms with E-state index in [4.69, 9.17) is 21.3 Å². The summed E-state index contributed by atoms with van der Waals surface area (Å²) in [5.74, 6) is -2.11. The molecule has 0 spiro atoms. The minimum absolute atomic E-state index is 0.0216. The summed E-state index contributed by atoms with van der Waals surface area (Å²) in [6.45, 7) is 3.73. The molecule has 2 heterocycles. The molecule has 36 heavy (non-hydrogen) atoms. The summed E-state index contributed by atoms with van der Waals surface area (Å²) in [6, 6.07) is 5.60. The Kier molecular flexibility index (Phi) is 8.14. The Morgan fingerprint density at radius 2 is 1.81 bits per heavy atom. The summed E-state index contributed by atoms with van der Waals surface area (Å²) in [6.07, 6.45) is 0.804. The molecule has 0 unspecified atom stereocenters. The van der Waals surface area contributed by atoms with Gasteiger partial charge in [0.15, 0.2) is 17.0 Å². The highest BCUT2D eigenvalue weighted by Crippen LogP contribution is 2.19. The lowest BCUT2D eigenvalue weighted by atomic mass is 10.1. The van der Waals surface area contributed by atoms with Gasteiger partial charge in [-0.05, 0) is 44.5 Å². The van der Waals surface area contributed by atoms with Crippen LogP contribution in [0, 0.1) is 0 Å². The van der Waals surface area contributed by atoms with E-state index in [0.29, 0.717) is 29.0 Å². The van der Waals surface area contributed by atoms with Gasteiger partial charge in [-0.15, -0.1) is 0 Å². The van der Waals surface area contributed by atoms with E-state index in [1.807, 2.05) is 11.9 Å². The van der Waals surface area contributed by atoms with Crippen molar-refractivity contribution in [3.05, 3.63) is 41.7 Å². The van der Waals surface area contributed by atoms with E-state index in [0.717, 1.165) is 5.69 Å². The van der Waals surface area contributed by atoms with E-state index < -0.39 is 30.0 Å². The average Bonchev–Trinajstić information content (AvgIpc) is 2.81. The van der Waals surface area contributed by atoms with Crippen LogP contribution < -0.4 is 21.7 Å². The Hall–Kier alpha value is -4.55. The Morgan fingerprint density at radius 3 is 2.44 bits per heavy atom. The number of carbonyl (C=O) groups excluding carboxylic acids is 2. The first kappa shape index (κ1) is 26.1. The standard InChI is InChI=1S/C23H28N8O5/c1-12(2)36-22(35)16(8-9-17(32)33)28-21(34)13-4-6-15(7-5-13)31(3)11-14-10-26-20-18(27-14)19(24)29-23(25)30-20/h4-7,10,12,16H,8-9,11H2,1-3H3,(H,28,34)(H,32,33)(H4,24,25,26,29,30)/t16-/m0/s1. The molecule has 1 aromatic carbocycles. The molecule has 0 bridgehead atoms. The Balaban J connectivity index is 1.68. The molecule has 13 heteroatoms. The molecule has 1 amide bonds. The normalized spacial score (nSPS) is 11.8. The highest BCUT2D eigenvalue weighted by atomic mass is 16.5. The molecule has 0 saturated carbocycles. The summed E-state index contributed by atoms with van der Waals surface area (Å²) >= 11 is 0. The number of fused-ring (bicyclic) bond motifs is 1. The van der Waals surface area contributed by atoms with Crippen LogP contribution in [0.15, 0.2) is 30.5 Å². The van der Waals surface area contributed by atoms with Gasteiger partial charge in [0.05, 0.1) is 24.5 Å². The number of carboxylic acid groups (broad SMARTS) is 1. The highest BCUT2D eigenvalue weighted by molar-refractivity contribution is 5.97. The maximum absolute atomic E-state index is 12.7. The SMILES string of the molecule is CC(C)OC(=O)[C@H](CCC(=O)O)NC(=O)c1ccc(N(C)Cc2cnc3nc(N)nc(N)c3n2)cc1. The number of benzene rings is 1. The Labute approximate surface area is 206 Å². The molecule has 0 aliphatic carbocycles. The Bertz CT molecular complexity index is 1270. The summed E-state index contributed by atoms with van der Waals surface area (Å²) in [7, 11) is 1.84. The monoisotopic (exact) mass is 496 g/mol. The van der Waals surface area contributed by atoms with Crippen LogP contribution in [0.25, 0.3) is 11.2 Å². The highest BCUT2D eigenvalue weighted by Gasteiger charge is 2.24. The van der Waals surface area contributed by atoms with Gasteiger partial charge in [0.2, 0.25) is 5.95 Å². The zero-order chi connectivity index (χ0) is 26.4. The first-order valence-electron chi connectivity index (χ1n) is 11.1. The fraction of sp³-hybridized carbons (Fsp3) is 0.348. The van der Waals surface area contributed by atoms with Crippen molar-refractivity contribution in [1.29, 1.82) is 0 Å². The summed E-state index contributed by atoms with van der Waals surface area (Å²) in [5, 5.41) is 11.5. The van der Waals surface area contributed by atoms with Gasteiger partial charge in [-0.1, -0.05) is 0 Å². The zero-order valence-electron chi connectivity index (χ0n) is 20.1. The van der Waals surface area contributed by atoms with Gasteiger partial charge >= 0.3 is 11.9 Å². The number of hydrogen-bond acceptors (Lipinski definition) is 11. The van der Waals surface area contributed by atoms with Crippen molar-refractivity contribution < 1.29 is 24.2 Å². The van der Waals surface area contributed by atoms with Crippen molar-refractivity contribution in [2.24, 2.45) is 0 Å². The topological polar surface area (TPSA) is 200 Å². The maximum atomic E-state index is 12.7. The van der Waals surface area contributed by atoms with Crippen molar-refractivity contribution in [3.63, 3.8) is 0 Å². The molecule has 6 N–H and O–H groups in total. The molecule has 0 saturated heterocycles. The van der Waals surface area contributed by atoms with Crippen LogP contribution in [0.4, 0.5) is 17.5 Å². The van der Waals surface area contributed by atoms with Gasteiger partial charge in [0, 0.05) is 24.7 Å². The number of nitrogens with one attached hydrogen (secondary N) is 1. The molecule has 0 fully saturated rings. The van der Waals surface area contributed by atoms with Crippen molar-refractivity contribution in [1.82, 2.24) is 25.3 Å². The third-order valence-electron chi connectivity index (χ3n) is 5.06. The van der Waals surface area contributed by atoms with Crippen molar-refractivity contribution in [3.8, 4) is 0 Å². The molecule has 1 atom stereocenters. The van der Waals surface area contributed by atoms with E-state index in [1.165, 1.54) is 0 Å². The van der Waals surface area contributed by atoms with Gasteiger partial charge in [-0.25, -0.2) is 14.8 Å². The first-order valence-corrected chi connectivity index (χ1v) is 11.1. The summed E-state index contributed by atoms with van der Waals surface area (Å²) in [4.78, 5) is 54.5. The van der Waals surface area contributed by atoms with E-state index >= 15 is 0 Å². The van der Waals surface area contributed by atoms with Crippen LogP contribution in [-0.2, 0) is 20.9 Å². The van der Waals surface area contributed by atoms with Crippen LogP contribution in [0.3, 0.4) is 0 Å². The fourth-order valence-corrected chi connectivity index (χ4v) is 3.33. The number of hydrogen-bond donors (Lipinski definition) is 4. The number of aliphatic carboxylic acids is 1. The van der Waals surface area contributed by atoms with Gasteiger partial charge in [0.25, 0.3) is 5.91 Å². The number of nitrogen functional groups attached to an aromatic ring is 2. The van der Waals surface area contributed by atoms with Crippen LogP contribution >= 0.6 is 0 Å². The number of carboxylic acids is 1. The molecule has 3 aromatic rings. The van der Waals surface area contributed by atoms with E-state index in [1.54, 1.807) is 44.3 Å². The van der Waals surface area contributed by atoms with Gasteiger partial charge in [-0.2, -0.15) is 9.97 Å². The lowest BCUT2D eigenvalue weighted by molar-refractivity contribution is -0.150. The molecule has 0 aliphatic rings. The molecule has 0 radical (unpaired) electrons. The average molecular weight is 497 g/mol. The lowest BCUT2D eigenvalue weighted by Gasteiger charge is -2.20. The fourth-order valence-electron chi connectivity index (χ4n) is 3.33. The first-order chi connectivity index (χ1) is 17.0. The third-order valence-corrected chi connectivity index (χ3v) is 5.06. The van der Waals surface area contributed by atoms with Crippen LogP contribution in [0.1, 0.15) is 42.7 Å². The zero-order valence-corrected chi connectivity index (χ0v) is 20.1. The van der Waals surface area contributed by atoms with Gasteiger partial charge in [0.1, 0.15) is 6.04 Å². The van der Waals surface area contributed by atoms with Crippen molar-refractivity contribution in [2.45, 2.75) is 45.4 Å². The van der Waals surface area contributed by atoms with Crippen LogP contribution in [0.5, 0.6) is 0 Å². The number of aromatic nitrogens is 4. The number of nitrogens with two attached hydrogens (primary N) is 2. The van der Waals surface area contributed by atoms with E-state index in [-0.39, 0.29) is 24.6 Å². The number of esters is 1. The van der Waals surface area contributed by atoms with Crippen LogP contribution in [-0.4, -0.2) is 62.1 Å². The van der Waals surface area contributed by atoms with Crippen molar-refractivity contribution >= 4 is 46.5 Å². The summed E-state index contributed by atoms with van der Waals surface area (Å²) in [5.41, 5.74) is 13.8. The molecular weight excluding hydrogens is 468 g/mol. The van der Waals surface area contributed by atoms with E-state index in [2.05, 4.69) is 25.3 Å². The minimum atomic E-state index is -1.07. The van der Waals surface area contributed by atoms with E-state index in [9.17, 15) is 14.4 Å². The summed E-state index contributed by atoms with van der Waals surface area (Å²) < 4.78 is 5.14. The quantitative estimate of drug-likeness (QED) is 0.292. The van der Waals surface area contributed by atoms with Gasteiger partial charge in [-0.3, -0.25) is 9.59 Å². The lowest BCUT2D eigenvalue weighted by Crippen LogP contribution is -2.43. The van der Waals surface area contributed by atoms with Crippen LogP contribution in [0.2, 0.25) is 0 Å². The number of ether oxygens (including phenoxy) is 1. The molecule has 0 aliphatic heterocycles. The second-order valence-electron chi connectivity index (χ2n) is 8.35. The Morgan fingerprint density at radius 1 is 1.11 bits per heavy atom. The van der Waals surface area contributed by atoms with Crippen molar-refractivity contribution in [2.75, 3.05) is 23.4 Å². The largest absolute Gasteiger partial charge is 0.481 e.